The van der Waals surface area contributed by atoms with Gasteiger partial charge in [0.05, 0.1) is 12.6 Å². The van der Waals surface area contributed by atoms with Crippen LogP contribution in [-0.2, 0) is 20.1 Å². The molecule has 1 aliphatic heterocycles. The highest BCUT2D eigenvalue weighted by Crippen LogP contribution is 2.33. The lowest BCUT2D eigenvalue weighted by molar-refractivity contribution is 0.168. The fraction of sp³-hybridized carbons (Fsp3) is 0.333. The molecular weight excluding hydrogens is 286 g/mol. The van der Waals surface area contributed by atoms with Crippen LogP contribution in [0.1, 0.15) is 28.9 Å². The van der Waals surface area contributed by atoms with Crippen LogP contribution in [0.25, 0.3) is 0 Å². The van der Waals surface area contributed by atoms with Gasteiger partial charge in [-0.15, -0.1) is 10.2 Å². The maximum atomic E-state index is 4.35. The molecule has 1 aliphatic rings. The molecule has 3 heterocycles. The topological polar surface area (TPSA) is 38.9 Å². The van der Waals surface area contributed by atoms with Gasteiger partial charge in [0.2, 0.25) is 0 Å². The van der Waals surface area contributed by atoms with Crippen molar-refractivity contribution in [1.29, 1.82) is 0 Å². The molecule has 0 N–H and O–H groups in total. The average Bonchev–Trinajstić information content (AvgIpc) is 3.17. The summed E-state index contributed by atoms with van der Waals surface area (Å²) in [4.78, 5) is 2.49. The fourth-order valence-electron chi connectivity index (χ4n) is 3.39. The van der Waals surface area contributed by atoms with Gasteiger partial charge in [-0.1, -0.05) is 30.3 Å². The van der Waals surface area contributed by atoms with Crippen LogP contribution in [0.3, 0.4) is 0 Å². The van der Waals surface area contributed by atoms with E-state index in [4.69, 9.17) is 0 Å². The van der Waals surface area contributed by atoms with Gasteiger partial charge < -0.3 is 9.13 Å². The highest BCUT2D eigenvalue weighted by Gasteiger charge is 2.29. The van der Waals surface area contributed by atoms with E-state index in [1.165, 1.54) is 11.3 Å². The summed E-state index contributed by atoms with van der Waals surface area (Å²) in [5.41, 5.74) is 2.67. The molecule has 5 nitrogen and oxygen atoms in total. The van der Waals surface area contributed by atoms with E-state index in [0.29, 0.717) is 0 Å². The molecule has 0 aliphatic carbocycles. The molecular formula is C18H21N5. The van der Waals surface area contributed by atoms with E-state index in [1.54, 1.807) is 0 Å². The molecule has 0 saturated carbocycles. The Balaban J connectivity index is 1.72. The van der Waals surface area contributed by atoms with Gasteiger partial charge in [0.25, 0.3) is 0 Å². The summed E-state index contributed by atoms with van der Waals surface area (Å²) >= 11 is 0. The van der Waals surface area contributed by atoms with Crippen molar-refractivity contribution in [3.8, 4) is 0 Å². The quantitative estimate of drug-likeness (QED) is 0.746. The summed E-state index contributed by atoms with van der Waals surface area (Å²) in [6, 6.07) is 15.3. The molecule has 3 aromatic rings. The zero-order valence-corrected chi connectivity index (χ0v) is 13.6. The van der Waals surface area contributed by atoms with E-state index in [0.717, 1.165) is 31.3 Å². The smallest absolute Gasteiger partial charge is 0.146 e. The standard InChI is InChI=1S/C18H21N5/c1-14-19-20-17(21(14)2)13-23-12-11-22-10-6-9-16(22)18(23)15-7-4-3-5-8-15/h3-10,18H,11-13H2,1-2H3/t18-/m1/s1. The zero-order chi connectivity index (χ0) is 15.8. The Hall–Kier alpha value is -2.40. The molecule has 0 unspecified atom stereocenters. The second-order valence-corrected chi connectivity index (χ2v) is 6.13. The second kappa shape index (κ2) is 5.66. The predicted octanol–water partition coefficient (Wildman–Crippen LogP) is 2.53. The van der Waals surface area contributed by atoms with Gasteiger partial charge in [-0.2, -0.15) is 0 Å². The number of hydrogen-bond donors (Lipinski definition) is 0. The van der Waals surface area contributed by atoms with Crippen LogP contribution in [0.15, 0.2) is 48.7 Å². The molecule has 0 fully saturated rings. The van der Waals surface area contributed by atoms with Crippen LogP contribution in [0.2, 0.25) is 0 Å². The van der Waals surface area contributed by atoms with Crippen LogP contribution in [0.4, 0.5) is 0 Å². The van der Waals surface area contributed by atoms with Crippen molar-refractivity contribution in [1.82, 2.24) is 24.2 Å². The minimum absolute atomic E-state index is 0.261. The van der Waals surface area contributed by atoms with Crippen molar-refractivity contribution < 1.29 is 0 Å². The van der Waals surface area contributed by atoms with Gasteiger partial charge in [-0.3, -0.25) is 4.90 Å². The Labute approximate surface area is 136 Å². The molecule has 4 rings (SSSR count). The predicted molar refractivity (Wildman–Crippen MR) is 88.9 cm³/mol. The number of hydrogen-bond acceptors (Lipinski definition) is 3. The molecule has 118 valence electrons. The third-order valence-corrected chi connectivity index (χ3v) is 4.78. The molecule has 1 atom stereocenters. The minimum atomic E-state index is 0.261. The van der Waals surface area contributed by atoms with Crippen molar-refractivity contribution >= 4 is 0 Å². The van der Waals surface area contributed by atoms with Crippen molar-refractivity contribution in [2.45, 2.75) is 26.1 Å². The highest BCUT2D eigenvalue weighted by molar-refractivity contribution is 5.30. The van der Waals surface area contributed by atoms with E-state index in [9.17, 15) is 0 Å². The van der Waals surface area contributed by atoms with Crippen molar-refractivity contribution in [3.63, 3.8) is 0 Å². The lowest BCUT2D eigenvalue weighted by atomic mass is 10.00. The lowest BCUT2D eigenvalue weighted by Gasteiger charge is -2.37. The van der Waals surface area contributed by atoms with Gasteiger partial charge in [0.15, 0.2) is 0 Å². The fourth-order valence-corrected chi connectivity index (χ4v) is 3.39. The number of aromatic nitrogens is 4. The first-order chi connectivity index (χ1) is 11.2. The number of rotatable bonds is 3. The van der Waals surface area contributed by atoms with Crippen LogP contribution in [0, 0.1) is 6.92 Å². The Kier molecular flexibility index (Phi) is 3.50. The number of aryl methyl sites for hydroxylation is 1. The Bertz CT molecular complexity index is 802. The van der Waals surface area contributed by atoms with Crippen LogP contribution in [0.5, 0.6) is 0 Å². The van der Waals surface area contributed by atoms with Crippen molar-refractivity contribution in [3.05, 3.63) is 71.6 Å². The molecule has 0 radical (unpaired) electrons. The third kappa shape index (κ3) is 2.47. The SMILES string of the molecule is Cc1nnc(CN2CCn3cccc3[C@H]2c2ccccc2)n1C. The van der Waals surface area contributed by atoms with Gasteiger partial charge >= 0.3 is 0 Å². The molecule has 0 saturated heterocycles. The molecule has 1 aromatic carbocycles. The summed E-state index contributed by atoms with van der Waals surface area (Å²) in [6.45, 7) is 4.82. The van der Waals surface area contributed by atoms with Gasteiger partial charge in [-0.05, 0) is 24.6 Å². The van der Waals surface area contributed by atoms with Crippen LogP contribution in [-0.4, -0.2) is 30.8 Å². The molecule has 0 bridgehead atoms. The van der Waals surface area contributed by atoms with E-state index < -0.39 is 0 Å². The summed E-state index contributed by atoms with van der Waals surface area (Å²) in [6.07, 6.45) is 2.18. The zero-order valence-electron chi connectivity index (χ0n) is 13.6. The first-order valence-corrected chi connectivity index (χ1v) is 8.03. The normalized spacial score (nSPS) is 18.1. The Morgan fingerprint density at radius 1 is 1.04 bits per heavy atom. The minimum Gasteiger partial charge on any atom is -0.348 e. The summed E-state index contributed by atoms with van der Waals surface area (Å²) in [5.74, 6) is 1.97. The number of benzene rings is 1. The highest BCUT2D eigenvalue weighted by atomic mass is 15.3. The van der Waals surface area contributed by atoms with Crippen molar-refractivity contribution in [2.75, 3.05) is 6.54 Å². The average molecular weight is 307 g/mol. The van der Waals surface area contributed by atoms with E-state index in [2.05, 4.69) is 72.9 Å². The largest absolute Gasteiger partial charge is 0.348 e. The molecule has 5 heteroatoms. The third-order valence-electron chi connectivity index (χ3n) is 4.78. The van der Waals surface area contributed by atoms with Gasteiger partial charge in [0.1, 0.15) is 11.6 Å². The first kappa shape index (κ1) is 14.2. The second-order valence-electron chi connectivity index (χ2n) is 6.13. The molecule has 2 aromatic heterocycles. The first-order valence-electron chi connectivity index (χ1n) is 8.03. The Morgan fingerprint density at radius 2 is 1.87 bits per heavy atom. The van der Waals surface area contributed by atoms with Gasteiger partial charge in [0, 0.05) is 32.0 Å². The summed E-state index contributed by atoms with van der Waals surface area (Å²) in [5, 5.41) is 8.54. The van der Waals surface area contributed by atoms with E-state index in [-0.39, 0.29) is 6.04 Å². The number of fused-ring (bicyclic) bond motifs is 1. The maximum Gasteiger partial charge on any atom is 0.146 e. The van der Waals surface area contributed by atoms with E-state index in [1.807, 2.05) is 14.0 Å². The Morgan fingerprint density at radius 3 is 2.61 bits per heavy atom. The van der Waals surface area contributed by atoms with Crippen molar-refractivity contribution in [2.24, 2.45) is 7.05 Å². The molecule has 0 spiro atoms. The van der Waals surface area contributed by atoms with E-state index >= 15 is 0 Å². The molecule has 0 amide bonds. The van der Waals surface area contributed by atoms with Crippen LogP contribution < -0.4 is 0 Å². The monoisotopic (exact) mass is 307 g/mol. The van der Waals surface area contributed by atoms with Gasteiger partial charge in [-0.25, -0.2) is 0 Å². The summed E-state index contributed by atoms with van der Waals surface area (Å²) in [7, 11) is 2.04. The molecule has 23 heavy (non-hydrogen) atoms. The van der Waals surface area contributed by atoms with Crippen LogP contribution >= 0.6 is 0 Å². The number of nitrogens with zero attached hydrogens (tertiary/aromatic N) is 5. The lowest BCUT2D eigenvalue weighted by Crippen LogP contribution is -2.38. The maximum absolute atomic E-state index is 4.35. The summed E-state index contributed by atoms with van der Waals surface area (Å²) < 4.78 is 4.44.